The van der Waals surface area contributed by atoms with Gasteiger partial charge in [-0.25, -0.2) is 13.6 Å². The Morgan fingerprint density at radius 2 is 1.97 bits per heavy atom. The molecule has 0 spiro atoms. The second kappa shape index (κ2) is 9.49. The molecule has 1 fully saturated rings. The van der Waals surface area contributed by atoms with Gasteiger partial charge >= 0.3 is 12.6 Å². The van der Waals surface area contributed by atoms with Gasteiger partial charge in [-0.3, -0.25) is 0 Å². The van der Waals surface area contributed by atoms with E-state index in [9.17, 15) is 22.4 Å². The smallest absolute Gasteiger partial charge is 0.387 e. The fourth-order valence-electron chi connectivity index (χ4n) is 3.23. The van der Waals surface area contributed by atoms with Crippen LogP contribution in [0.25, 0.3) is 0 Å². The lowest BCUT2D eigenvalue weighted by atomic mass is 10.1. The van der Waals surface area contributed by atoms with E-state index in [4.69, 9.17) is 0 Å². The van der Waals surface area contributed by atoms with Crippen molar-refractivity contribution in [2.45, 2.75) is 19.6 Å². The van der Waals surface area contributed by atoms with Crippen molar-refractivity contribution in [3.05, 3.63) is 59.7 Å². The zero-order valence-corrected chi connectivity index (χ0v) is 15.5. The molecule has 1 aliphatic heterocycles. The maximum Gasteiger partial charge on any atom is 0.387 e. The number of rotatable bonds is 7. The molecule has 0 bridgehead atoms. The third-order valence-corrected chi connectivity index (χ3v) is 4.68. The molecule has 156 valence electrons. The molecule has 5 nitrogen and oxygen atoms in total. The van der Waals surface area contributed by atoms with Crippen molar-refractivity contribution >= 4 is 11.7 Å². The SMILES string of the molecule is O=C(NCc1cccc(OC(F)F)c1)NCC1CCN(c2ccc(F)c(F)c2)C1. The van der Waals surface area contributed by atoms with Crippen LogP contribution in [0.2, 0.25) is 0 Å². The zero-order chi connectivity index (χ0) is 20.8. The Bertz CT molecular complexity index is 850. The molecule has 1 heterocycles. The van der Waals surface area contributed by atoms with Crippen LogP contribution in [-0.2, 0) is 6.54 Å². The number of nitrogens with one attached hydrogen (secondary N) is 2. The average molecular weight is 411 g/mol. The van der Waals surface area contributed by atoms with Crippen LogP contribution < -0.4 is 20.3 Å². The van der Waals surface area contributed by atoms with Crippen LogP contribution in [0.15, 0.2) is 42.5 Å². The van der Waals surface area contributed by atoms with Gasteiger partial charge in [0.05, 0.1) is 0 Å². The highest BCUT2D eigenvalue weighted by atomic mass is 19.3. The molecule has 1 unspecified atom stereocenters. The molecule has 0 aliphatic carbocycles. The number of ether oxygens (including phenoxy) is 1. The largest absolute Gasteiger partial charge is 0.435 e. The highest BCUT2D eigenvalue weighted by Gasteiger charge is 2.23. The van der Waals surface area contributed by atoms with E-state index in [-0.39, 0.29) is 24.2 Å². The summed E-state index contributed by atoms with van der Waals surface area (Å²) in [6.45, 7) is -0.994. The topological polar surface area (TPSA) is 53.6 Å². The summed E-state index contributed by atoms with van der Waals surface area (Å²) < 4.78 is 55.3. The summed E-state index contributed by atoms with van der Waals surface area (Å²) in [6, 6.07) is 9.53. The number of hydrogen-bond acceptors (Lipinski definition) is 3. The van der Waals surface area contributed by atoms with E-state index in [2.05, 4.69) is 15.4 Å². The van der Waals surface area contributed by atoms with Crippen LogP contribution in [0.4, 0.5) is 28.0 Å². The van der Waals surface area contributed by atoms with E-state index >= 15 is 0 Å². The first-order chi connectivity index (χ1) is 13.9. The first-order valence-corrected chi connectivity index (χ1v) is 9.16. The van der Waals surface area contributed by atoms with Gasteiger partial charge in [-0.2, -0.15) is 8.78 Å². The predicted octanol–water partition coefficient (Wildman–Crippen LogP) is 3.89. The Morgan fingerprint density at radius 1 is 1.14 bits per heavy atom. The summed E-state index contributed by atoms with van der Waals surface area (Å²) in [5.41, 5.74) is 1.24. The molecule has 1 atom stereocenters. The minimum absolute atomic E-state index is 0.0305. The van der Waals surface area contributed by atoms with Gasteiger partial charge in [0.25, 0.3) is 0 Å². The van der Waals surface area contributed by atoms with Gasteiger partial charge in [-0.05, 0) is 42.2 Å². The Morgan fingerprint density at radius 3 is 2.72 bits per heavy atom. The molecule has 1 aliphatic rings. The van der Waals surface area contributed by atoms with Gasteiger partial charge in [0.15, 0.2) is 11.6 Å². The first-order valence-electron chi connectivity index (χ1n) is 9.16. The average Bonchev–Trinajstić information content (AvgIpc) is 3.16. The second-order valence-corrected chi connectivity index (χ2v) is 6.79. The summed E-state index contributed by atoms with van der Waals surface area (Å²) in [4.78, 5) is 13.9. The lowest BCUT2D eigenvalue weighted by molar-refractivity contribution is -0.0498. The van der Waals surface area contributed by atoms with E-state index in [1.165, 1.54) is 24.3 Å². The normalized spacial score (nSPS) is 16.2. The summed E-state index contributed by atoms with van der Waals surface area (Å²) in [5.74, 6) is -1.56. The summed E-state index contributed by atoms with van der Waals surface area (Å²) in [7, 11) is 0. The third-order valence-electron chi connectivity index (χ3n) is 4.68. The van der Waals surface area contributed by atoms with Crippen molar-refractivity contribution in [2.75, 3.05) is 24.5 Å². The van der Waals surface area contributed by atoms with Crippen molar-refractivity contribution in [1.29, 1.82) is 0 Å². The summed E-state index contributed by atoms with van der Waals surface area (Å²) in [6.07, 6.45) is 0.812. The molecule has 2 amide bonds. The van der Waals surface area contributed by atoms with Crippen molar-refractivity contribution < 1.29 is 27.1 Å². The number of carbonyl (C=O) groups excluding carboxylic acids is 1. The quantitative estimate of drug-likeness (QED) is 0.680. The number of alkyl halides is 2. The fourth-order valence-corrected chi connectivity index (χ4v) is 3.23. The molecular weight excluding hydrogens is 390 g/mol. The molecule has 2 N–H and O–H groups in total. The Kier molecular flexibility index (Phi) is 6.79. The van der Waals surface area contributed by atoms with Gasteiger partial charge < -0.3 is 20.3 Å². The number of carbonyl (C=O) groups is 1. The molecular formula is C20H21F4N3O2. The lowest BCUT2D eigenvalue weighted by Gasteiger charge is -2.19. The highest BCUT2D eigenvalue weighted by Crippen LogP contribution is 2.25. The van der Waals surface area contributed by atoms with E-state index in [0.717, 1.165) is 12.5 Å². The van der Waals surface area contributed by atoms with Crippen LogP contribution in [0.5, 0.6) is 5.75 Å². The summed E-state index contributed by atoms with van der Waals surface area (Å²) >= 11 is 0. The Labute approximate surface area is 165 Å². The van der Waals surface area contributed by atoms with Crippen molar-refractivity contribution in [1.82, 2.24) is 10.6 Å². The highest BCUT2D eigenvalue weighted by molar-refractivity contribution is 5.73. The van der Waals surface area contributed by atoms with Crippen LogP contribution in [-0.4, -0.2) is 32.3 Å². The van der Waals surface area contributed by atoms with Gasteiger partial charge in [0.1, 0.15) is 5.75 Å². The van der Waals surface area contributed by atoms with Crippen molar-refractivity contribution in [3.8, 4) is 5.75 Å². The zero-order valence-electron chi connectivity index (χ0n) is 15.5. The summed E-state index contributed by atoms with van der Waals surface area (Å²) in [5, 5.41) is 5.43. The fraction of sp³-hybridized carbons (Fsp3) is 0.350. The molecule has 0 aromatic heterocycles. The van der Waals surface area contributed by atoms with Crippen LogP contribution in [0, 0.1) is 17.6 Å². The van der Waals surface area contributed by atoms with Crippen LogP contribution in [0.3, 0.4) is 0 Å². The van der Waals surface area contributed by atoms with Gasteiger partial charge in [0.2, 0.25) is 0 Å². The Balaban J connectivity index is 1.41. The number of benzene rings is 2. The second-order valence-electron chi connectivity index (χ2n) is 6.79. The van der Waals surface area contributed by atoms with Gasteiger partial charge in [0, 0.05) is 37.9 Å². The first kappa shape index (κ1) is 20.8. The predicted molar refractivity (Wildman–Crippen MR) is 100.0 cm³/mol. The monoisotopic (exact) mass is 411 g/mol. The van der Waals surface area contributed by atoms with E-state index in [1.54, 1.807) is 12.1 Å². The lowest BCUT2D eigenvalue weighted by Crippen LogP contribution is -2.38. The Hall–Kier alpha value is -2.97. The number of anilines is 1. The molecule has 0 saturated carbocycles. The van der Waals surface area contributed by atoms with E-state index in [0.29, 0.717) is 30.9 Å². The number of halogens is 4. The molecule has 0 radical (unpaired) electrons. The number of hydrogen-bond donors (Lipinski definition) is 2. The minimum Gasteiger partial charge on any atom is -0.435 e. The van der Waals surface area contributed by atoms with E-state index < -0.39 is 18.2 Å². The minimum atomic E-state index is -2.90. The number of nitrogens with zero attached hydrogens (tertiary/aromatic N) is 1. The molecule has 1 saturated heterocycles. The van der Waals surface area contributed by atoms with Crippen LogP contribution in [0.1, 0.15) is 12.0 Å². The molecule has 29 heavy (non-hydrogen) atoms. The maximum atomic E-state index is 13.4. The molecule has 3 rings (SSSR count). The van der Waals surface area contributed by atoms with E-state index in [1.807, 2.05) is 4.90 Å². The third kappa shape index (κ3) is 6.00. The number of amides is 2. The van der Waals surface area contributed by atoms with Gasteiger partial charge in [-0.1, -0.05) is 12.1 Å². The maximum absolute atomic E-state index is 13.4. The number of urea groups is 1. The molecule has 2 aromatic carbocycles. The van der Waals surface area contributed by atoms with Crippen molar-refractivity contribution in [3.63, 3.8) is 0 Å². The van der Waals surface area contributed by atoms with Crippen molar-refractivity contribution in [2.24, 2.45) is 5.92 Å². The molecule has 2 aromatic rings. The molecule has 9 heteroatoms. The van der Waals surface area contributed by atoms with Gasteiger partial charge in [-0.15, -0.1) is 0 Å². The van der Waals surface area contributed by atoms with Crippen LogP contribution >= 0.6 is 0 Å². The standard InChI is InChI=1S/C20H21F4N3O2/c21-17-5-4-15(9-18(17)22)27-7-6-14(12-27)11-26-20(28)25-10-13-2-1-3-16(8-13)29-19(23)24/h1-5,8-9,14,19H,6-7,10-12H2,(H2,25,26,28).